The van der Waals surface area contributed by atoms with Gasteiger partial charge in [-0.05, 0) is 12.1 Å². The Morgan fingerprint density at radius 3 is 2.65 bits per heavy atom. The Morgan fingerprint density at radius 1 is 1.35 bits per heavy atom. The summed E-state index contributed by atoms with van der Waals surface area (Å²) in [6.45, 7) is -0.787. The molecule has 2 rings (SSSR count). The zero-order chi connectivity index (χ0) is 12.6. The van der Waals surface area contributed by atoms with Crippen molar-refractivity contribution in [3.8, 4) is 5.75 Å². The Balaban J connectivity index is 2.45. The van der Waals surface area contributed by atoms with Crippen molar-refractivity contribution in [1.29, 1.82) is 0 Å². The van der Waals surface area contributed by atoms with E-state index in [0.29, 0.717) is 5.75 Å². The number of carbonyl (C=O) groups excluding carboxylic acids is 2. The van der Waals surface area contributed by atoms with Crippen molar-refractivity contribution in [3.63, 3.8) is 0 Å². The van der Waals surface area contributed by atoms with Crippen LogP contribution in [0.2, 0.25) is 0 Å². The first-order chi connectivity index (χ1) is 8.04. The summed E-state index contributed by atoms with van der Waals surface area (Å²) >= 11 is 0. The Bertz CT molecular complexity index is 488. The maximum Gasteiger partial charge on any atom is 0.299 e. The molecule has 1 heterocycles. The first-order valence-electron chi connectivity index (χ1n) is 4.87. The van der Waals surface area contributed by atoms with E-state index in [-0.39, 0.29) is 11.3 Å². The summed E-state index contributed by atoms with van der Waals surface area (Å²) in [5, 5.41) is 0. The number of nitrogens with zero attached hydrogens (tertiary/aromatic N) is 1. The normalized spacial score (nSPS) is 14.5. The lowest BCUT2D eigenvalue weighted by Crippen LogP contribution is -2.33. The molecule has 0 fully saturated rings. The molecule has 1 aliphatic heterocycles. The molecule has 4 nitrogen and oxygen atoms in total. The number of halogens is 2. The van der Waals surface area contributed by atoms with E-state index < -0.39 is 24.7 Å². The molecule has 6 heteroatoms. The summed E-state index contributed by atoms with van der Waals surface area (Å²) in [5.41, 5.74) is 0.316. The predicted octanol–water partition coefficient (Wildman–Crippen LogP) is 1.49. The van der Waals surface area contributed by atoms with Crippen molar-refractivity contribution < 1.29 is 23.1 Å². The van der Waals surface area contributed by atoms with Crippen LogP contribution in [0.3, 0.4) is 0 Å². The average molecular weight is 241 g/mol. The second-order valence-corrected chi connectivity index (χ2v) is 3.52. The highest BCUT2D eigenvalue weighted by atomic mass is 19.3. The van der Waals surface area contributed by atoms with E-state index in [0.717, 1.165) is 4.90 Å². The Hall–Kier alpha value is -1.98. The number of rotatable bonds is 3. The van der Waals surface area contributed by atoms with Crippen molar-refractivity contribution in [1.82, 2.24) is 0 Å². The van der Waals surface area contributed by atoms with Gasteiger partial charge >= 0.3 is 0 Å². The van der Waals surface area contributed by atoms with Crippen LogP contribution in [0.25, 0.3) is 0 Å². The number of ether oxygens (including phenoxy) is 1. The lowest BCUT2D eigenvalue weighted by atomic mass is 10.1. The third-order valence-corrected chi connectivity index (χ3v) is 2.50. The number of hydrogen-bond acceptors (Lipinski definition) is 3. The monoisotopic (exact) mass is 241 g/mol. The van der Waals surface area contributed by atoms with Gasteiger partial charge in [-0.15, -0.1) is 0 Å². The number of alkyl halides is 2. The summed E-state index contributed by atoms with van der Waals surface area (Å²) in [6.07, 6.45) is -2.69. The van der Waals surface area contributed by atoms with E-state index in [1.165, 1.54) is 25.3 Å². The number of fused-ring (bicyclic) bond motifs is 1. The number of Topliss-reactive ketones (excluding diaryl/α,β-unsaturated/α-hetero) is 1. The van der Waals surface area contributed by atoms with Crippen LogP contribution in [0, 0.1) is 0 Å². The fourth-order valence-electron chi connectivity index (χ4n) is 1.72. The van der Waals surface area contributed by atoms with Gasteiger partial charge in [0.05, 0.1) is 24.9 Å². The number of hydrogen-bond donors (Lipinski definition) is 0. The van der Waals surface area contributed by atoms with Gasteiger partial charge in [-0.2, -0.15) is 0 Å². The molecule has 0 saturated heterocycles. The van der Waals surface area contributed by atoms with Gasteiger partial charge < -0.3 is 4.74 Å². The van der Waals surface area contributed by atoms with Gasteiger partial charge in [0, 0.05) is 6.07 Å². The Morgan fingerprint density at radius 2 is 2.06 bits per heavy atom. The van der Waals surface area contributed by atoms with Crippen LogP contribution in [-0.4, -0.2) is 31.8 Å². The summed E-state index contributed by atoms with van der Waals surface area (Å²) in [6, 6.07) is 4.32. The van der Waals surface area contributed by atoms with Crippen LogP contribution >= 0.6 is 0 Å². The first-order valence-corrected chi connectivity index (χ1v) is 4.87. The van der Waals surface area contributed by atoms with Gasteiger partial charge in [0.1, 0.15) is 5.75 Å². The number of anilines is 1. The summed E-state index contributed by atoms with van der Waals surface area (Å²) in [4.78, 5) is 23.8. The van der Waals surface area contributed by atoms with E-state index in [1.54, 1.807) is 0 Å². The van der Waals surface area contributed by atoms with Crippen LogP contribution in [0.5, 0.6) is 5.75 Å². The zero-order valence-corrected chi connectivity index (χ0v) is 8.94. The van der Waals surface area contributed by atoms with Gasteiger partial charge in [0.25, 0.3) is 18.1 Å². The van der Waals surface area contributed by atoms with Gasteiger partial charge in [0.15, 0.2) is 0 Å². The van der Waals surface area contributed by atoms with Crippen LogP contribution in [-0.2, 0) is 4.79 Å². The second kappa shape index (κ2) is 4.12. The Kier molecular flexibility index (Phi) is 2.79. The molecule has 0 atom stereocenters. The second-order valence-electron chi connectivity index (χ2n) is 3.52. The predicted molar refractivity (Wildman–Crippen MR) is 55.7 cm³/mol. The largest absolute Gasteiger partial charge is 0.497 e. The molecule has 0 N–H and O–H groups in total. The van der Waals surface area contributed by atoms with E-state index >= 15 is 0 Å². The molecular weight excluding hydrogens is 232 g/mol. The SMILES string of the molecule is COc1ccc2c(c1)N(CC(F)F)C(=O)C2=O. The standard InChI is InChI=1S/C11H9F2NO3/c1-17-6-2-3-7-8(4-6)14(5-9(12)13)11(16)10(7)15/h2-4,9H,5H2,1H3. The molecule has 0 aromatic heterocycles. The number of methoxy groups -OCH3 is 1. The topological polar surface area (TPSA) is 46.6 Å². The molecule has 17 heavy (non-hydrogen) atoms. The quantitative estimate of drug-likeness (QED) is 0.753. The van der Waals surface area contributed by atoms with Gasteiger partial charge in [0.2, 0.25) is 0 Å². The minimum Gasteiger partial charge on any atom is -0.497 e. The molecule has 1 amide bonds. The lowest BCUT2D eigenvalue weighted by Gasteiger charge is -2.16. The third-order valence-electron chi connectivity index (χ3n) is 2.50. The molecule has 0 radical (unpaired) electrons. The first kappa shape index (κ1) is 11.5. The van der Waals surface area contributed by atoms with Crippen LogP contribution in [0.4, 0.5) is 14.5 Å². The molecule has 0 bridgehead atoms. The highest BCUT2D eigenvalue weighted by Crippen LogP contribution is 2.32. The summed E-state index contributed by atoms with van der Waals surface area (Å²) in [5.74, 6) is -1.28. The van der Waals surface area contributed by atoms with Crippen LogP contribution in [0.15, 0.2) is 18.2 Å². The molecule has 0 aliphatic carbocycles. The lowest BCUT2D eigenvalue weighted by molar-refractivity contribution is -0.114. The number of benzene rings is 1. The van der Waals surface area contributed by atoms with E-state index in [4.69, 9.17) is 4.74 Å². The van der Waals surface area contributed by atoms with Crippen molar-refractivity contribution >= 4 is 17.4 Å². The number of carbonyl (C=O) groups is 2. The molecule has 0 saturated carbocycles. The fraction of sp³-hybridized carbons (Fsp3) is 0.273. The number of amides is 1. The smallest absolute Gasteiger partial charge is 0.299 e. The van der Waals surface area contributed by atoms with Crippen molar-refractivity contribution in [2.24, 2.45) is 0 Å². The van der Waals surface area contributed by atoms with Gasteiger partial charge in [-0.25, -0.2) is 8.78 Å². The van der Waals surface area contributed by atoms with E-state index in [1.807, 2.05) is 0 Å². The molecule has 0 unspecified atom stereocenters. The Labute approximate surface area is 95.8 Å². The van der Waals surface area contributed by atoms with Crippen LogP contribution in [0.1, 0.15) is 10.4 Å². The number of ketones is 1. The van der Waals surface area contributed by atoms with Crippen molar-refractivity contribution in [2.75, 3.05) is 18.6 Å². The minimum atomic E-state index is -2.69. The van der Waals surface area contributed by atoms with Gasteiger partial charge in [-0.3, -0.25) is 14.5 Å². The third kappa shape index (κ3) is 1.86. The zero-order valence-electron chi connectivity index (χ0n) is 8.94. The summed E-state index contributed by atoms with van der Waals surface area (Å²) in [7, 11) is 1.41. The molecule has 1 aromatic rings. The molecular formula is C11H9F2NO3. The molecule has 0 spiro atoms. The van der Waals surface area contributed by atoms with E-state index in [2.05, 4.69) is 0 Å². The highest BCUT2D eigenvalue weighted by molar-refractivity contribution is 6.52. The van der Waals surface area contributed by atoms with Crippen molar-refractivity contribution in [3.05, 3.63) is 23.8 Å². The molecule has 90 valence electrons. The van der Waals surface area contributed by atoms with Crippen molar-refractivity contribution in [2.45, 2.75) is 6.43 Å². The maximum absolute atomic E-state index is 12.3. The average Bonchev–Trinajstić information content (AvgIpc) is 2.53. The maximum atomic E-state index is 12.3. The fourth-order valence-corrected chi connectivity index (χ4v) is 1.72. The molecule has 1 aliphatic rings. The highest BCUT2D eigenvalue weighted by Gasteiger charge is 2.37. The summed E-state index contributed by atoms with van der Waals surface area (Å²) < 4.78 is 29.6. The van der Waals surface area contributed by atoms with Gasteiger partial charge in [-0.1, -0.05) is 0 Å². The van der Waals surface area contributed by atoms with Crippen LogP contribution < -0.4 is 9.64 Å². The van der Waals surface area contributed by atoms with E-state index in [9.17, 15) is 18.4 Å². The molecule has 1 aromatic carbocycles. The minimum absolute atomic E-state index is 0.136.